The van der Waals surface area contributed by atoms with Crippen molar-refractivity contribution < 1.29 is 18.7 Å². The Bertz CT molecular complexity index is 984. The minimum atomic E-state index is -0.951. The molecule has 0 radical (unpaired) electrons. The summed E-state index contributed by atoms with van der Waals surface area (Å²) in [7, 11) is 0. The molecule has 1 N–H and O–H groups in total. The average Bonchev–Trinajstić information content (AvgIpc) is 3.35. The molecule has 0 atom stereocenters. The third-order valence-electron chi connectivity index (χ3n) is 3.82. The second-order valence-corrected chi connectivity index (χ2v) is 5.45. The van der Waals surface area contributed by atoms with Crippen molar-refractivity contribution in [2.45, 2.75) is 6.42 Å². The second-order valence-electron chi connectivity index (χ2n) is 5.45. The fourth-order valence-corrected chi connectivity index (χ4v) is 2.80. The molecule has 4 aromatic rings. The van der Waals surface area contributed by atoms with Crippen molar-refractivity contribution in [2.75, 3.05) is 0 Å². The van der Waals surface area contributed by atoms with E-state index in [2.05, 4.69) is 5.10 Å². The van der Waals surface area contributed by atoms with Gasteiger partial charge in [-0.05, 0) is 36.4 Å². The van der Waals surface area contributed by atoms with Crippen molar-refractivity contribution in [3.8, 4) is 28.6 Å². The summed E-state index contributed by atoms with van der Waals surface area (Å²) in [5.74, 6) is 0.109. The van der Waals surface area contributed by atoms with Gasteiger partial charge in [-0.25, -0.2) is 4.68 Å². The Morgan fingerprint density at radius 1 is 0.960 bits per heavy atom. The van der Waals surface area contributed by atoms with Crippen LogP contribution in [0.3, 0.4) is 0 Å². The van der Waals surface area contributed by atoms with Gasteiger partial charge in [0.15, 0.2) is 11.5 Å². The monoisotopic (exact) mass is 334 g/mol. The van der Waals surface area contributed by atoms with Gasteiger partial charge in [-0.1, -0.05) is 18.2 Å². The SMILES string of the molecule is O=C(O)Cc1c(-c2ccco2)nn(-c2ccccc2)c1-c1ccco1. The molecule has 4 rings (SSSR count). The summed E-state index contributed by atoms with van der Waals surface area (Å²) in [5, 5.41) is 14.0. The van der Waals surface area contributed by atoms with Crippen LogP contribution in [0.1, 0.15) is 5.56 Å². The molecule has 0 bridgehead atoms. The highest BCUT2D eigenvalue weighted by Gasteiger charge is 2.25. The van der Waals surface area contributed by atoms with Gasteiger partial charge in [-0.3, -0.25) is 4.79 Å². The molecule has 0 aliphatic heterocycles. The van der Waals surface area contributed by atoms with Gasteiger partial charge in [0.05, 0.1) is 24.6 Å². The number of carbonyl (C=O) groups is 1. The predicted octanol–water partition coefficient (Wildman–Crippen LogP) is 4.02. The number of hydrogen-bond acceptors (Lipinski definition) is 4. The van der Waals surface area contributed by atoms with Crippen LogP contribution in [0.15, 0.2) is 76.0 Å². The zero-order valence-corrected chi connectivity index (χ0v) is 13.1. The van der Waals surface area contributed by atoms with Crippen molar-refractivity contribution in [3.05, 3.63) is 72.7 Å². The molecule has 0 saturated heterocycles. The van der Waals surface area contributed by atoms with Gasteiger partial charge < -0.3 is 13.9 Å². The summed E-state index contributed by atoms with van der Waals surface area (Å²) < 4.78 is 12.7. The van der Waals surface area contributed by atoms with Crippen LogP contribution in [0.5, 0.6) is 0 Å². The highest BCUT2D eigenvalue weighted by molar-refractivity contribution is 5.80. The van der Waals surface area contributed by atoms with Crippen molar-refractivity contribution in [1.29, 1.82) is 0 Å². The first kappa shape index (κ1) is 15.0. The number of rotatable bonds is 5. The summed E-state index contributed by atoms with van der Waals surface area (Å²) in [6.45, 7) is 0. The fourth-order valence-electron chi connectivity index (χ4n) is 2.80. The molecule has 6 heteroatoms. The molecule has 0 amide bonds. The lowest BCUT2D eigenvalue weighted by Crippen LogP contribution is -2.03. The summed E-state index contributed by atoms with van der Waals surface area (Å²) in [6, 6.07) is 16.5. The van der Waals surface area contributed by atoms with E-state index < -0.39 is 5.97 Å². The third-order valence-corrected chi connectivity index (χ3v) is 3.82. The molecule has 1 aromatic carbocycles. The first-order valence-electron chi connectivity index (χ1n) is 7.71. The Labute approximate surface area is 142 Å². The van der Waals surface area contributed by atoms with Gasteiger partial charge in [0.25, 0.3) is 0 Å². The highest BCUT2D eigenvalue weighted by atomic mass is 16.4. The van der Waals surface area contributed by atoms with Crippen LogP contribution in [-0.2, 0) is 11.2 Å². The van der Waals surface area contributed by atoms with Gasteiger partial charge in [0.2, 0.25) is 0 Å². The first-order chi connectivity index (χ1) is 12.2. The van der Waals surface area contributed by atoms with Gasteiger partial charge in [0, 0.05) is 5.56 Å². The summed E-state index contributed by atoms with van der Waals surface area (Å²) in [6.07, 6.45) is 2.89. The number of aromatic nitrogens is 2. The van der Waals surface area contributed by atoms with E-state index in [9.17, 15) is 9.90 Å². The molecular formula is C19H14N2O4. The number of nitrogens with zero attached hydrogens (tertiary/aromatic N) is 2. The molecule has 0 aliphatic rings. The molecule has 0 unspecified atom stereocenters. The summed E-state index contributed by atoms with van der Waals surface area (Å²) in [5.41, 5.74) is 2.44. The van der Waals surface area contributed by atoms with Crippen LogP contribution in [-0.4, -0.2) is 20.9 Å². The number of para-hydroxylation sites is 1. The van der Waals surface area contributed by atoms with Gasteiger partial charge in [0.1, 0.15) is 11.4 Å². The standard InChI is InChI=1S/C19H14N2O4/c22-17(23)12-14-18(15-8-4-10-24-15)20-21(13-6-2-1-3-7-13)19(14)16-9-5-11-25-16/h1-11H,12H2,(H,22,23). The minimum Gasteiger partial charge on any atom is -0.481 e. The van der Waals surface area contributed by atoms with Crippen molar-refractivity contribution in [1.82, 2.24) is 9.78 Å². The zero-order chi connectivity index (χ0) is 17.2. The lowest BCUT2D eigenvalue weighted by molar-refractivity contribution is -0.136. The van der Waals surface area contributed by atoms with E-state index in [1.165, 1.54) is 6.26 Å². The van der Waals surface area contributed by atoms with E-state index >= 15 is 0 Å². The molecule has 124 valence electrons. The van der Waals surface area contributed by atoms with E-state index in [0.29, 0.717) is 28.5 Å². The van der Waals surface area contributed by atoms with Crippen molar-refractivity contribution >= 4 is 5.97 Å². The number of furan rings is 2. The average molecular weight is 334 g/mol. The third kappa shape index (κ3) is 2.74. The first-order valence-corrected chi connectivity index (χ1v) is 7.71. The lowest BCUT2D eigenvalue weighted by atomic mass is 10.1. The zero-order valence-electron chi connectivity index (χ0n) is 13.1. The van der Waals surface area contributed by atoms with Crippen LogP contribution < -0.4 is 0 Å². The fraction of sp³-hybridized carbons (Fsp3) is 0.0526. The van der Waals surface area contributed by atoms with Crippen LogP contribution in [0.2, 0.25) is 0 Å². The molecule has 0 saturated carbocycles. The van der Waals surface area contributed by atoms with Crippen molar-refractivity contribution in [3.63, 3.8) is 0 Å². The van der Waals surface area contributed by atoms with E-state index in [1.807, 2.05) is 30.3 Å². The summed E-state index contributed by atoms with van der Waals surface area (Å²) >= 11 is 0. The van der Waals surface area contributed by atoms with Crippen LogP contribution in [0.25, 0.3) is 28.6 Å². The number of aliphatic carboxylic acids is 1. The Morgan fingerprint density at radius 3 is 2.24 bits per heavy atom. The quantitative estimate of drug-likeness (QED) is 0.596. The molecule has 0 aliphatic carbocycles. The second kappa shape index (κ2) is 6.16. The van der Waals surface area contributed by atoms with Crippen molar-refractivity contribution in [2.24, 2.45) is 0 Å². The Morgan fingerprint density at radius 2 is 1.64 bits per heavy atom. The number of carboxylic acids is 1. The summed E-state index contributed by atoms with van der Waals surface area (Å²) in [4.78, 5) is 11.5. The van der Waals surface area contributed by atoms with Gasteiger partial charge in [-0.15, -0.1) is 0 Å². The Balaban J connectivity index is 2.02. The highest BCUT2D eigenvalue weighted by Crippen LogP contribution is 2.35. The van der Waals surface area contributed by atoms with Gasteiger partial charge >= 0.3 is 5.97 Å². The molecule has 0 spiro atoms. The van der Waals surface area contributed by atoms with E-state index in [4.69, 9.17) is 8.83 Å². The molecule has 6 nitrogen and oxygen atoms in total. The normalized spacial score (nSPS) is 10.9. The number of benzene rings is 1. The molecule has 3 aromatic heterocycles. The molecule has 25 heavy (non-hydrogen) atoms. The maximum Gasteiger partial charge on any atom is 0.307 e. The van der Waals surface area contributed by atoms with Crippen LogP contribution >= 0.6 is 0 Å². The van der Waals surface area contributed by atoms with Crippen LogP contribution in [0, 0.1) is 0 Å². The topological polar surface area (TPSA) is 81.4 Å². The maximum absolute atomic E-state index is 11.5. The molecule has 3 heterocycles. The lowest BCUT2D eigenvalue weighted by Gasteiger charge is -2.06. The van der Waals surface area contributed by atoms with E-state index in [-0.39, 0.29) is 6.42 Å². The Hall–Kier alpha value is -3.54. The molecule has 0 fully saturated rings. The predicted molar refractivity (Wildman–Crippen MR) is 90.3 cm³/mol. The van der Waals surface area contributed by atoms with Crippen LogP contribution in [0.4, 0.5) is 0 Å². The number of hydrogen-bond donors (Lipinski definition) is 1. The molecular weight excluding hydrogens is 320 g/mol. The van der Waals surface area contributed by atoms with E-state index in [1.54, 1.807) is 35.2 Å². The number of carboxylic acid groups (broad SMARTS) is 1. The Kier molecular flexibility index (Phi) is 3.70. The smallest absolute Gasteiger partial charge is 0.307 e. The largest absolute Gasteiger partial charge is 0.481 e. The minimum absolute atomic E-state index is 0.196. The van der Waals surface area contributed by atoms with E-state index in [0.717, 1.165) is 5.69 Å². The van der Waals surface area contributed by atoms with Gasteiger partial charge in [-0.2, -0.15) is 5.10 Å². The maximum atomic E-state index is 11.5.